The molecule has 0 saturated heterocycles. The standard InChI is InChI=1S/C18H16FN3O2S/c1-11-9-12(19)7-8-14(11)20-16(23)10-25-18-21-15-6-4-3-5-13(15)17(24)22(18)2/h3-9H,10H2,1-2H3,(H,20,23). The molecule has 0 aliphatic heterocycles. The summed E-state index contributed by atoms with van der Waals surface area (Å²) in [6.07, 6.45) is 0. The highest BCUT2D eigenvalue weighted by atomic mass is 32.2. The summed E-state index contributed by atoms with van der Waals surface area (Å²) in [6, 6.07) is 11.3. The molecule has 3 rings (SSSR count). The first kappa shape index (κ1) is 17.2. The third kappa shape index (κ3) is 3.71. The molecule has 1 amide bonds. The normalized spacial score (nSPS) is 10.8. The second kappa shape index (κ2) is 7.06. The highest BCUT2D eigenvalue weighted by Gasteiger charge is 2.11. The number of hydrogen-bond donors (Lipinski definition) is 1. The average Bonchev–Trinajstić information content (AvgIpc) is 2.59. The summed E-state index contributed by atoms with van der Waals surface area (Å²) in [5.41, 5.74) is 1.66. The van der Waals surface area contributed by atoms with Crippen LogP contribution in [0, 0.1) is 12.7 Å². The van der Waals surface area contributed by atoms with Gasteiger partial charge in [-0.15, -0.1) is 0 Å². The molecule has 1 N–H and O–H groups in total. The van der Waals surface area contributed by atoms with E-state index in [2.05, 4.69) is 10.3 Å². The van der Waals surface area contributed by atoms with E-state index in [9.17, 15) is 14.0 Å². The zero-order chi connectivity index (χ0) is 18.0. The minimum Gasteiger partial charge on any atom is -0.325 e. The molecule has 0 spiro atoms. The Morgan fingerprint density at radius 1 is 1.28 bits per heavy atom. The highest BCUT2D eigenvalue weighted by Crippen LogP contribution is 2.19. The van der Waals surface area contributed by atoms with E-state index in [-0.39, 0.29) is 23.0 Å². The number of rotatable bonds is 4. The van der Waals surface area contributed by atoms with Gasteiger partial charge in [-0.05, 0) is 42.8 Å². The molecule has 1 aromatic heterocycles. The maximum absolute atomic E-state index is 13.1. The van der Waals surface area contributed by atoms with Crippen molar-refractivity contribution in [2.24, 2.45) is 7.05 Å². The van der Waals surface area contributed by atoms with E-state index >= 15 is 0 Å². The van der Waals surface area contributed by atoms with Crippen LogP contribution in [0.25, 0.3) is 10.9 Å². The number of anilines is 1. The number of para-hydroxylation sites is 1. The number of hydrogen-bond acceptors (Lipinski definition) is 4. The van der Waals surface area contributed by atoms with Crippen LogP contribution in [0.5, 0.6) is 0 Å². The molecule has 0 saturated carbocycles. The SMILES string of the molecule is Cc1cc(F)ccc1NC(=O)CSc1nc2ccccc2c(=O)n1C. The lowest BCUT2D eigenvalue weighted by Crippen LogP contribution is -2.21. The molecule has 128 valence electrons. The smallest absolute Gasteiger partial charge is 0.261 e. The number of thioether (sulfide) groups is 1. The van der Waals surface area contributed by atoms with Crippen molar-refractivity contribution in [1.82, 2.24) is 9.55 Å². The van der Waals surface area contributed by atoms with Crippen LogP contribution in [0.3, 0.4) is 0 Å². The molecular formula is C18H16FN3O2S. The number of amides is 1. The molecule has 0 bridgehead atoms. The van der Waals surface area contributed by atoms with Crippen molar-refractivity contribution >= 4 is 34.3 Å². The Bertz CT molecular complexity index is 1020. The molecule has 25 heavy (non-hydrogen) atoms. The first-order valence-electron chi connectivity index (χ1n) is 7.60. The Morgan fingerprint density at radius 3 is 2.80 bits per heavy atom. The highest BCUT2D eigenvalue weighted by molar-refractivity contribution is 7.99. The molecule has 0 fully saturated rings. The molecule has 1 heterocycles. The zero-order valence-corrected chi connectivity index (χ0v) is 14.6. The predicted molar refractivity (Wildman–Crippen MR) is 97.5 cm³/mol. The summed E-state index contributed by atoms with van der Waals surface area (Å²) in [5.74, 6) is -0.502. The lowest BCUT2D eigenvalue weighted by atomic mass is 10.2. The van der Waals surface area contributed by atoms with Crippen LogP contribution in [-0.4, -0.2) is 21.2 Å². The van der Waals surface area contributed by atoms with Gasteiger partial charge in [-0.3, -0.25) is 14.2 Å². The van der Waals surface area contributed by atoms with Crippen LogP contribution in [0.4, 0.5) is 10.1 Å². The molecule has 0 aliphatic rings. The second-order valence-electron chi connectivity index (χ2n) is 5.57. The van der Waals surface area contributed by atoms with Gasteiger partial charge in [0.05, 0.1) is 16.7 Å². The topological polar surface area (TPSA) is 64.0 Å². The maximum Gasteiger partial charge on any atom is 0.261 e. The van der Waals surface area contributed by atoms with Gasteiger partial charge in [0.15, 0.2) is 5.16 Å². The van der Waals surface area contributed by atoms with Crippen molar-refractivity contribution in [3.05, 3.63) is 64.2 Å². The molecule has 0 aliphatic carbocycles. The quantitative estimate of drug-likeness (QED) is 0.576. The van der Waals surface area contributed by atoms with E-state index in [4.69, 9.17) is 0 Å². The zero-order valence-electron chi connectivity index (χ0n) is 13.7. The Labute approximate surface area is 147 Å². The Hall–Kier alpha value is -2.67. The summed E-state index contributed by atoms with van der Waals surface area (Å²) in [6.45, 7) is 1.72. The average molecular weight is 357 g/mol. The van der Waals surface area contributed by atoms with Gasteiger partial charge in [0.1, 0.15) is 5.82 Å². The summed E-state index contributed by atoms with van der Waals surface area (Å²) in [7, 11) is 1.63. The predicted octanol–water partition coefficient (Wildman–Crippen LogP) is 3.11. The summed E-state index contributed by atoms with van der Waals surface area (Å²) in [5, 5.41) is 3.75. The van der Waals surface area contributed by atoms with Gasteiger partial charge in [-0.1, -0.05) is 23.9 Å². The Balaban J connectivity index is 1.75. The second-order valence-corrected chi connectivity index (χ2v) is 6.51. The van der Waals surface area contributed by atoms with Gasteiger partial charge in [-0.25, -0.2) is 9.37 Å². The van der Waals surface area contributed by atoms with Gasteiger partial charge in [0.2, 0.25) is 5.91 Å². The number of halogens is 1. The van der Waals surface area contributed by atoms with Gasteiger partial charge in [0, 0.05) is 12.7 Å². The molecule has 3 aromatic rings. The van der Waals surface area contributed by atoms with Crippen LogP contribution in [-0.2, 0) is 11.8 Å². The first-order chi connectivity index (χ1) is 12.0. The van der Waals surface area contributed by atoms with Gasteiger partial charge >= 0.3 is 0 Å². The summed E-state index contributed by atoms with van der Waals surface area (Å²) < 4.78 is 14.5. The van der Waals surface area contributed by atoms with E-state index < -0.39 is 0 Å². The van der Waals surface area contributed by atoms with Gasteiger partial charge < -0.3 is 5.32 Å². The number of aromatic nitrogens is 2. The molecular weight excluding hydrogens is 341 g/mol. The molecule has 7 heteroatoms. The van der Waals surface area contributed by atoms with E-state index in [1.807, 2.05) is 6.07 Å². The van der Waals surface area contributed by atoms with Crippen molar-refractivity contribution in [3.63, 3.8) is 0 Å². The van der Waals surface area contributed by atoms with E-state index in [0.29, 0.717) is 27.3 Å². The minimum absolute atomic E-state index is 0.0927. The molecule has 0 atom stereocenters. The lowest BCUT2D eigenvalue weighted by molar-refractivity contribution is -0.113. The van der Waals surface area contributed by atoms with Crippen LogP contribution >= 0.6 is 11.8 Å². The van der Waals surface area contributed by atoms with Crippen LogP contribution in [0.2, 0.25) is 0 Å². The van der Waals surface area contributed by atoms with Gasteiger partial charge in [-0.2, -0.15) is 0 Å². The minimum atomic E-state index is -0.347. The number of nitrogens with zero attached hydrogens (tertiary/aromatic N) is 2. The van der Waals surface area contributed by atoms with Crippen molar-refractivity contribution < 1.29 is 9.18 Å². The Kier molecular flexibility index (Phi) is 4.85. The lowest BCUT2D eigenvalue weighted by Gasteiger charge is -2.10. The van der Waals surface area contributed by atoms with E-state index in [1.54, 1.807) is 32.2 Å². The number of carbonyl (C=O) groups excluding carboxylic acids is 1. The fraction of sp³-hybridized carbons (Fsp3) is 0.167. The fourth-order valence-corrected chi connectivity index (χ4v) is 3.18. The van der Waals surface area contributed by atoms with E-state index in [1.165, 1.54) is 34.5 Å². The van der Waals surface area contributed by atoms with Crippen molar-refractivity contribution in [3.8, 4) is 0 Å². The van der Waals surface area contributed by atoms with Crippen molar-refractivity contribution in [1.29, 1.82) is 0 Å². The number of nitrogens with one attached hydrogen (secondary N) is 1. The number of carbonyl (C=O) groups is 1. The molecule has 2 aromatic carbocycles. The first-order valence-corrected chi connectivity index (χ1v) is 8.59. The summed E-state index contributed by atoms with van der Waals surface area (Å²) in [4.78, 5) is 28.9. The number of aryl methyl sites for hydroxylation is 1. The molecule has 0 unspecified atom stereocenters. The fourth-order valence-electron chi connectivity index (χ4n) is 2.41. The number of benzene rings is 2. The van der Waals surface area contributed by atoms with Crippen LogP contribution in [0.1, 0.15) is 5.56 Å². The third-order valence-corrected chi connectivity index (χ3v) is 4.77. The molecule has 5 nitrogen and oxygen atoms in total. The molecule has 0 radical (unpaired) electrons. The van der Waals surface area contributed by atoms with Crippen molar-refractivity contribution in [2.45, 2.75) is 12.1 Å². The maximum atomic E-state index is 13.1. The van der Waals surface area contributed by atoms with Gasteiger partial charge in [0.25, 0.3) is 5.56 Å². The number of fused-ring (bicyclic) bond motifs is 1. The summed E-state index contributed by atoms with van der Waals surface area (Å²) >= 11 is 1.18. The van der Waals surface area contributed by atoms with Crippen LogP contribution in [0.15, 0.2) is 52.4 Å². The largest absolute Gasteiger partial charge is 0.325 e. The Morgan fingerprint density at radius 2 is 2.04 bits per heavy atom. The van der Waals surface area contributed by atoms with Crippen molar-refractivity contribution in [2.75, 3.05) is 11.1 Å². The third-order valence-electron chi connectivity index (χ3n) is 3.74. The monoisotopic (exact) mass is 357 g/mol. The van der Waals surface area contributed by atoms with Crippen LogP contribution < -0.4 is 10.9 Å². The van der Waals surface area contributed by atoms with E-state index in [0.717, 1.165) is 0 Å².